The molecule has 0 atom stereocenters. The van der Waals surface area contributed by atoms with Crippen LogP contribution in [0.4, 0.5) is 9.59 Å². The predicted octanol–water partition coefficient (Wildman–Crippen LogP) is 3.77. The van der Waals surface area contributed by atoms with Crippen molar-refractivity contribution >= 4 is 35.4 Å². The lowest BCUT2D eigenvalue weighted by atomic mass is 10.2. The van der Waals surface area contributed by atoms with Crippen molar-refractivity contribution in [3.8, 4) is 0 Å². The zero-order chi connectivity index (χ0) is 20.7. The molecule has 0 saturated carbocycles. The van der Waals surface area contributed by atoms with E-state index in [0.29, 0.717) is 49.3 Å². The molecule has 0 aliphatic carbocycles. The Morgan fingerprint density at radius 2 is 1.68 bits per heavy atom. The average Bonchev–Trinajstić information content (AvgIpc) is 2.58. The first-order chi connectivity index (χ1) is 13.1. The molecule has 1 aromatic carbocycles. The van der Waals surface area contributed by atoms with E-state index in [0.717, 1.165) is 5.56 Å². The molecule has 2 amide bonds. The minimum atomic E-state index is -0.507. The highest BCUT2D eigenvalue weighted by Crippen LogP contribution is 2.20. The Morgan fingerprint density at radius 1 is 1.07 bits per heavy atom. The first-order valence-corrected chi connectivity index (χ1v) is 9.94. The third-order valence-electron chi connectivity index (χ3n) is 4.01. The van der Waals surface area contributed by atoms with Crippen LogP contribution < -0.4 is 5.32 Å². The van der Waals surface area contributed by atoms with Crippen LogP contribution in [0.2, 0.25) is 10.0 Å². The average molecular weight is 432 g/mol. The molecule has 7 nitrogen and oxygen atoms in total. The largest absolute Gasteiger partial charge is 0.445 e. The van der Waals surface area contributed by atoms with E-state index < -0.39 is 11.7 Å². The van der Waals surface area contributed by atoms with Gasteiger partial charge in [-0.3, -0.25) is 4.90 Å². The molecule has 156 valence electrons. The fourth-order valence-electron chi connectivity index (χ4n) is 2.71. The highest BCUT2D eigenvalue weighted by Gasteiger charge is 2.22. The molecule has 1 aliphatic rings. The van der Waals surface area contributed by atoms with Gasteiger partial charge in [0.05, 0.1) is 0 Å². The maximum atomic E-state index is 12.2. The van der Waals surface area contributed by atoms with Gasteiger partial charge in [-0.15, -0.1) is 0 Å². The Bertz CT molecular complexity index is 666. The number of nitrogens with zero attached hydrogens (tertiary/aromatic N) is 2. The summed E-state index contributed by atoms with van der Waals surface area (Å²) in [5, 5.41) is 3.75. The minimum absolute atomic E-state index is 0.124. The van der Waals surface area contributed by atoms with Gasteiger partial charge in [0.1, 0.15) is 12.2 Å². The van der Waals surface area contributed by atoms with Gasteiger partial charge in [-0.25, -0.2) is 9.59 Å². The van der Waals surface area contributed by atoms with E-state index in [9.17, 15) is 9.59 Å². The van der Waals surface area contributed by atoms with Gasteiger partial charge < -0.3 is 19.7 Å². The van der Waals surface area contributed by atoms with E-state index in [1.165, 1.54) is 0 Å². The number of amides is 2. The minimum Gasteiger partial charge on any atom is -0.445 e. The quantitative estimate of drug-likeness (QED) is 0.767. The lowest BCUT2D eigenvalue weighted by Crippen LogP contribution is -2.50. The molecule has 0 spiro atoms. The van der Waals surface area contributed by atoms with Crippen molar-refractivity contribution in [1.29, 1.82) is 0 Å². The van der Waals surface area contributed by atoms with Gasteiger partial charge in [-0.05, 0) is 44.5 Å². The first kappa shape index (κ1) is 22.6. The number of benzene rings is 1. The number of ether oxygens (including phenoxy) is 2. The molecule has 2 rings (SSSR count). The topological polar surface area (TPSA) is 71.1 Å². The van der Waals surface area contributed by atoms with E-state index in [4.69, 9.17) is 32.7 Å². The molecule has 1 aliphatic heterocycles. The number of nitrogens with one attached hydrogen (secondary N) is 1. The molecule has 0 radical (unpaired) electrons. The van der Waals surface area contributed by atoms with E-state index in [1.807, 2.05) is 20.8 Å². The number of piperazine rings is 1. The molecule has 1 aromatic rings. The van der Waals surface area contributed by atoms with Gasteiger partial charge in [-0.1, -0.05) is 23.2 Å². The molecule has 1 fully saturated rings. The molecule has 28 heavy (non-hydrogen) atoms. The van der Waals surface area contributed by atoms with Crippen LogP contribution in [0.5, 0.6) is 0 Å². The van der Waals surface area contributed by atoms with Crippen molar-refractivity contribution in [1.82, 2.24) is 15.1 Å². The van der Waals surface area contributed by atoms with Crippen molar-refractivity contribution in [2.75, 3.05) is 39.3 Å². The number of hydrogen-bond acceptors (Lipinski definition) is 5. The molecule has 0 unspecified atom stereocenters. The molecule has 1 heterocycles. The van der Waals surface area contributed by atoms with Crippen LogP contribution in [0.15, 0.2) is 18.2 Å². The fourth-order valence-corrected chi connectivity index (χ4v) is 3.29. The van der Waals surface area contributed by atoms with Crippen LogP contribution in [-0.2, 0) is 16.1 Å². The van der Waals surface area contributed by atoms with E-state index >= 15 is 0 Å². The number of alkyl carbamates (subject to hydrolysis) is 1. The zero-order valence-corrected chi connectivity index (χ0v) is 18.0. The first-order valence-electron chi connectivity index (χ1n) is 9.18. The van der Waals surface area contributed by atoms with Crippen LogP contribution in [0.3, 0.4) is 0 Å². The van der Waals surface area contributed by atoms with E-state index in [-0.39, 0.29) is 12.7 Å². The highest BCUT2D eigenvalue weighted by atomic mass is 35.5. The summed E-state index contributed by atoms with van der Waals surface area (Å²) in [6.07, 6.45) is -0.779. The predicted molar refractivity (Wildman–Crippen MR) is 109 cm³/mol. The smallest absolute Gasteiger partial charge is 0.410 e. The second-order valence-corrected chi connectivity index (χ2v) is 8.46. The van der Waals surface area contributed by atoms with Crippen molar-refractivity contribution in [3.05, 3.63) is 33.8 Å². The number of carbonyl (C=O) groups excluding carboxylic acids is 2. The van der Waals surface area contributed by atoms with E-state index in [1.54, 1.807) is 23.1 Å². The normalized spacial score (nSPS) is 15.2. The third-order valence-corrected chi connectivity index (χ3v) is 4.45. The lowest BCUT2D eigenvalue weighted by molar-refractivity contribution is 0.0512. The summed E-state index contributed by atoms with van der Waals surface area (Å²) in [5.74, 6) is 0. The highest BCUT2D eigenvalue weighted by molar-refractivity contribution is 6.34. The van der Waals surface area contributed by atoms with Crippen LogP contribution >= 0.6 is 23.2 Å². The van der Waals surface area contributed by atoms with Crippen LogP contribution in [0.25, 0.3) is 0 Å². The fraction of sp³-hybridized carbons (Fsp3) is 0.579. The van der Waals surface area contributed by atoms with Crippen LogP contribution in [-0.4, -0.2) is 66.9 Å². The van der Waals surface area contributed by atoms with E-state index in [2.05, 4.69) is 10.2 Å². The standard InChI is InChI=1S/C19H27Cl2N3O4/c1-19(2,3)28-17(25)22-4-5-23-6-8-24(9-7-23)18(26)27-13-14-10-15(20)12-16(21)11-14/h10-12H,4-9,13H2,1-3H3,(H,22,25). The Labute approximate surface area is 175 Å². The van der Waals surface area contributed by atoms with Gasteiger partial charge in [0.25, 0.3) is 0 Å². The molecular formula is C19H27Cl2N3O4. The second-order valence-electron chi connectivity index (χ2n) is 7.59. The Hall–Kier alpha value is -1.70. The van der Waals surface area contributed by atoms with Gasteiger partial charge in [0.15, 0.2) is 0 Å². The molecule has 0 aromatic heterocycles. The van der Waals surface area contributed by atoms with Crippen molar-refractivity contribution in [3.63, 3.8) is 0 Å². The number of rotatable bonds is 5. The maximum Gasteiger partial charge on any atom is 0.410 e. The van der Waals surface area contributed by atoms with Gasteiger partial charge in [0, 0.05) is 49.3 Å². The summed E-state index contributed by atoms with van der Waals surface area (Å²) >= 11 is 11.9. The monoisotopic (exact) mass is 431 g/mol. The maximum absolute atomic E-state index is 12.2. The lowest BCUT2D eigenvalue weighted by Gasteiger charge is -2.34. The Morgan fingerprint density at radius 3 is 2.25 bits per heavy atom. The summed E-state index contributed by atoms with van der Waals surface area (Å²) < 4.78 is 10.5. The SMILES string of the molecule is CC(C)(C)OC(=O)NCCN1CCN(C(=O)OCc2cc(Cl)cc(Cl)c2)CC1. The van der Waals surface area contributed by atoms with Crippen molar-refractivity contribution in [2.24, 2.45) is 0 Å². The van der Waals surface area contributed by atoms with Crippen molar-refractivity contribution < 1.29 is 19.1 Å². The summed E-state index contributed by atoms with van der Waals surface area (Å²) in [4.78, 5) is 27.7. The third kappa shape index (κ3) is 8.12. The Kier molecular flexibility index (Phi) is 8.22. The van der Waals surface area contributed by atoms with Gasteiger partial charge in [-0.2, -0.15) is 0 Å². The Balaban J connectivity index is 1.66. The second kappa shape index (κ2) is 10.2. The zero-order valence-electron chi connectivity index (χ0n) is 16.5. The van der Waals surface area contributed by atoms with Gasteiger partial charge >= 0.3 is 12.2 Å². The number of hydrogen-bond donors (Lipinski definition) is 1. The van der Waals surface area contributed by atoms with Crippen LogP contribution in [0, 0.1) is 0 Å². The molecule has 1 saturated heterocycles. The van der Waals surface area contributed by atoms with Crippen LogP contribution in [0.1, 0.15) is 26.3 Å². The summed E-state index contributed by atoms with van der Waals surface area (Å²) in [5.41, 5.74) is 0.240. The van der Waals surface area contributed by atoms with Gasteiger partial charge in [0.2, 0.25) is 0 Å². The summed E-state index contributed by atoms with van der Waals surface area (Å²) in [6, 6.07) is 5.07. The number of carbonyl (C=O) groups is 2. The molecular weight excluding hydrogens is 405 g/mol. The molecule has 0 bridgehead atoms. The summed E-state index contributed by atoms with van der Waals surface area (Å²) in [6.45, 7) is 9.37. The van der Waals surface area contributed by atoms with Crippen molar-refractivity contribution in [2.45, 2.75) is 33.0 Å². The molecule has 1 N–H and O–H groups in total. The number of halogens is 2. The summed E-state index contributed by atoms with van der Waals surface area (Å²) in [7, 11) is 0. The molecule has 9 heteroatoms.